The zero-order valence-corrected chi connectivity index (χ0v) is 18.9. The largest absolute Gasteiger partial charge is 0.508 e. The van der Waals surface area contributed by atoms with E-state index in [1.54, 1.807) is 6.08 Å². The Balaban J connectivity index is 1.17. The van der Waals surface area contributed by atoms with Crippen LogP contribution in [0.2, 0.25) is 0 Å². The third-order valence-electron chi connectivity index (χ3n) is 5.56. The number of carbonyl (C=O) groups is 1. The first kappa shape index (κ1) is 23.5. The van der Waals surface area contributed by atoms with Crippen LogP contribution in [0.25, 0.3) is 6.08 Å². The molecule has 7 nitrogen and oxygen atoms in total. The molecule has 2 saturated heterocycles. The van der Waals surface area contributed by atoms with Crippen LogP contribution in [0.15, 0.2) is 49.0 Å². The molecule has 8 heteroatoms. The summed E-state index contributed by atoms with van der Waals surface area (Å²) in [5, 5.41) is 0. The fourth-order valence-corrected chi connectivity index (χ4v) is 3.73. The monoisotopic (exact) mass is 452 g/mol. The Kier molecular flexibility index (Phi) is 8.17. The van der Waals surface area contributed by atoms with Crippen molar-refractivity contribution in [2.24, 2.45) is 5.92 Å². The van der Waals surface area contributed by atoms with E-state index in [9.17, 15) is 4.79 Å². The molecule has 2 aliphatic heterocycles. The Hall–Kier alpha value is -2.65. The van der Waals surface area contributed by atoms with Crippen LogP contribution in [0.3, 0.4) is 0 Å². The molecular formula is C25H29BO7. The smallest absolute Gasteiger partial charge is 0.434 e. The third kappa shape index (κ3) is 6.45. The van der Waals surface area contributed by atoms with Gasteiger partial charge in [-0.3, -0.25) is 0 Å². The molecule has 2 heterocycles. The topological polar surface area (TPSA) is 72.5 Å². The van der Waals surface area contributed by atoms with Crippen LogP contribution in [0.5, 0.6) is 0 Å². The summed E-state index contributed by atoms with van der Waals surface area (Å²) in [6.45, 7) is 8.43. The maximum atomic E-state index is 12.0. The van der Waals surface area contributed by atoms with Crippen molar-refractivity contribution < 1.29 is 33.1 Å². The van der Waals surface area contributed by atoms with Gasteiger partial charge in [0.15, 0.2) is 6.29 Å². The first-order valence-corrected chi connectivity index (χ1v) is 11.2. The first-order chi connectivity index (χ1) is 16.1. The van der Waals surface area contributed by atoms with Gasteiger partial charge in [-0.2, -0.15) is 0 Å². The van der Waals surface area contributed by atoms with Gasteiger partial charge < -0.3 is 28.3 Å². The van der Waals surface area contributed by atoms with Crippen LogP contribution < -0.4 is 5.46 Å². The highest BCUT2D eigenvalue weighted by atomic mass is 16.7. The number of hydrogen-bond acceptors (Lipinski definition) is 7. The van der Waals surface area contributed by atoms with Crippen molar-refractivity contribution in [3.05, 3.63) is 71.3 Å². The highest BCUT2D eigenvalue weighted by molar-refractivity contribution is 6.61. The first-order valence-electron chi connectivity index (χ1n) is 11.2. The van der Waals surface area contributed by atoms with Gasteiger partial charge in [0, 0.05) is 24.7 Å². The zero-order valence-electron chi connectivity index (χ0n) is 18.9. The summed E-state index contributed by atoms with van der Waals surface area (Å²) in [7, 11) is -0.326. The molecule has 0 N–H and O–H groups in total. The lowest BCUT2D eigenvalue weighted by Crippen LogP contribution is -2.40. The Labute approximate surface area is 194 Å². The van der Waals surface area contributed by atoms with E-state index in [2.05, 4.69) is 6.58 Å². The molecule has 2 aliphatic rings. The molecule has 0 atom stereocenters. The van der Waals surface area contributed by atoms with E-state index in [-0.39, 0.29) is 26.3 Å². The molecule has 0 amide bonds. The summed E-state index contributed by atoms with van der Waals surface area (Å²) < 4.78 is 33.4. The standard InChI is InChI=1S/C25H29BO7/c1-3-21-13-18(2)5-10-23(21)24-28-15-20(16-29-24)17-31-25(27)30-14-19-6-8-22(9-7-19)26-32-11-4-12-33-26/h3,5-10,13,20,24H,1,4,11-12,14-17H2,2H3. The number of benzene rings is 2. The summed E-state index contributed by atoms with van der Waals surface area (Å²) in [6, 6.07) is 13.7. The lowest BCUT2D eigenvalue weighted by atomic mass is 9.78. The predicted octanol–water partition coefficient (Wildman–Crippen LogP) is 3.79. The van der Waals surface area contributed by atoms with E-state index in [1.165, 1.54) is 0 Å². The third-order valence-corrected chi connectivity index (χ3v) is 5.56. The summed E-state index contributed by atoms with van der Waals surface area (Å²) in [6.07, 6.45) is 1.54. The summed E-state index contributed by atoms with van der Waals surface area (Å²) in [5.41, 5.74) is 4.89. The second-order valence-corrected chi connectivity index (χ2v) is 8.22. The van der Waals surface area contributed by atoms with Crippen LogP contribution in [0.4, 0.5) is 4.79 Å². The van der Waals surface area contributed by atoms with Gasteiger partial charge in [0.2, 0.25) is 0 Å². The summed E-state index contributed by atoms with van der Waals surface area (Å²) in [4.78, 5) is 12.0. The van der Waals surface area contributed by atoms with E-state index < -0.39 is 12.4 Å². The van der Waals surface area contributed by atoms with Gasteiger partial charge in [0.25, 0.3) is 0 Å². The van der Waals surface area contributed by atoms with Crippen molar-refractivity contribution in [3.8, 4) is 0 Å². The lowest BCUT2D eigenvalue weighted by molar-refractivity contribution is -0.210. The normalized spacial score (nSPS) is 20.8. The molecule has 0 unspecified atom stereocenters. The zero-order chi connectivity index (χ0) is 23.0. The molecule has 4 rings (SSSR count). The van der Waals surface area contributed by atoms with Gasteiger partial charge in [0.1, 0.15) is 13.2 Å². The van der Waals surface area contributed by atoms with Crippen molar-refractivity contribution >= 4 is 24.8 Å². The predicted molar refractivity (Wildman–Crippen MR) is 124 cm³/mol. The number of rotatable bonds is 7. The van der Waals surface area contributed by atoms with Crippen LogP contribution in [0.1, 0.15) is 35.0 Å². The molecule has 0 saturated carbocycles. The summed E-state index contributed by atoms with van der Waals surface area (Å²) in [5.74, 6) is -0.0544. The summed E-state index contributed by atoms with van der Waals surface area (Å²) >= 11 is 0. The fourth-order valence-electron chi connectivity index (χ4n) is 3.73. The maximum Gasteiger partial charge on any atom is 0.508 e. The second kappa shape index (κ2) is 11.5. The molecule has 2 fully saturated rings. The Morgan fingerprint density at radius 1 is 1.09 bits per heavy atom. The van der Waals surface area contributed by atoms with Crippen molar-refractivity contribution in [1.82, 2.24) is 0 Å². The van der Waals surface area contributed by atoms with Crippen molar-refractivity contribution in [1.29, 1.82) is 0 Å². The van der Waals surface area contributed by atoms with Crippen LogP contribution >= 0.6 is 0 Å². The molecule has 0 aromatic heterocycles. The van der Waals surface area contributed by atoms with Crippen molar-refractivity contribution in [2.75, 3.05) is 33.0 Å². The quantitative estimate of drug-likeness (QED) is 0.468. The molecule has 0 spiro atoms. The average molecular weight is 452 g/mol. The number of carbonyl (C=O) groups excluding carboxylic acids is 1. The van der Waals surface area contributed by atoms with E-state index in [4.69, 9.17) is 28.3 Å². The lowest BCUT2D eigenvalue weighted by Gasteiger charge is -2.30. The molecule has 33 heavy (non-hydrogen) atoms. The SMILES string of the molecule is C=Cc1cc(C)ccc1C1OCC(COC(=O)OCc2ccc(B3OCCCO3)cc2)CO1. The number of hydrogen-bond donors (Lipinski definition) is 0. The highest BCUT2D eigenvalue weighted by Gasteiger charge is 2.26. The molecular weight excluding hydrogens is 423 g/mol. The van der Waals surface area contributed by atoms with E-state index >= 15 is 0 Å². The fraction of sp³-hybridized carbons (Fsp3) is 0.400. The molecule has 0 radical (unpaired) electrons. The Bertz CT molecular complexity index is 932. The number of ether oxygens (including phenoxy) is 4. The molecule has 2 aromatic carbocycles. The van der Waals surface area contributed by atoms with Crippen LogP contribution in [-0.2, 0) is 34.9 Å². The van der Waals surface area contributed by atoms with Gasteiger partial charge in [-0.15, -0.1) is 0 Å². The van der Waals surface area contributed by atoms with Gasteiger partial charge in [0.05, 0.1) is 13.2 Å². The van der Waals surface area contributed by atoms with Crippen LogP contribution in [-0.4, -0.2) is 46.3 Å². The Morgan fingerprint density at radius 2 is 1.82 bits per heavy atom. The Morgan fingerprint density at radius 3 is 2.52 bits per heavy atom. The minimum atomic E-state index is -0.715. The maximum absolute atomic E-state index is 12.0. The highest BCUT2D eigenvalue weighted by Crippen LogP contribution is 2.29. The number of aryl methyl sites for hydroxylation is 1. The van der Waals surface area contributed by atoms with E-state index in [0.29, 0.717) is 26.4 Å². The van der Waals surface area contributed by atoms with Crippen LogP contribution in [0, 0.1) is 12.8 Å². The molecule has 0 bridgehead atoms. The van der Waals surface area contributed by atoms with Gasteiger partial charge in [-0.25, -0.2) is 4.79 Å². The van der Waals surface area contributed by atoms with Crippen molar-refractivity contribution in [3.63, 3.8) is 0 Å². The minimum absolute atomic E-state index is 0.0544. The second-order valence-electron chi connectivity index (χ2n) is 8.22. The molecule has 2 aromatic rings. The molecule has 0 aliphatic carbocycles. The van der Waals surface area contributed by atoms with E-state index in [0.717, 1.165) is 34.1 Å². The average Bonchev–Trinajstić information content (AvgIpc) is 2.87. The van der Waals surface area contributed by atoms with Gasteiger partial charge >= 0.3 is 13.3 Å². The minimum Gasteiger partial charge on any atom is -0.434 e. The molecule has 174 valence electrons. The van der Waals surface area contributed by atoms with Gasteiger partial charge in [-0.05, 0) is 29.9 Å². The van der Waals surface area contributed by atoms with Gasteiger partial charge in [-0.1, -0.05) is 60.7 Å². The van der Waals surface area contributed by atoms with E-state index in [1.807, 2.05) is 49.4 Å². The van der Waals surface area contributed by atoms with Crippen molar-refractivity contribution in [2.45, 2.75) is 26.2 Å².